The summed E-state index contributed by atoms with van der Waals surface area (Å²) in [4.78, 5) is 2.58. The van der Waals surface area contributed by atoms with Crippen molar-refractivity contribution in [3.05, 3.63) is 35.9 Å². The number of rotatable bonds is 3. The molecule has 3 rings (SSSR count). The van der Waals surface area contributed by atoms with Gasteiger partial charge in [0.05, 0.1) is 19.3 Å². The van der Waals surface area contributed by atoms with Crippen LogP contribution in [0.25, 0.3) is 0 Å². The molecule has 0 radical (unpaired) electrons. The number of nitrogens with zero attached hydrogens (tertiary/aromatic N) is 1. The van der Waals surface area contributed by atoms with E-state index in [-0.39, 0.29) is 0 Å². The van der Waals surface area contributed by atoms with Crippen molar-refractivity contribution in [1.29, 1.82) is 0 Å². The predicted molar refractivity (Wildman–Crippen MR) is 75.1 cm³/mol. The minimum atomic E-state index is 0.355. The average molecular weight is 261 g/mol. The number of benzene rings is 1. The van der Waals surface area contributed by atoms with E-state index in [9.17, 15) is 0 Å². The van der Waals surface area contributed by atoms with Gasteiger partial charge in [0.1, 0.15) is 0 Å². The van der Waals surface area contributed by atoms with Crippen molar-refractivity contribution >= 4 is 0 Å². The van der Waals surface area contributed by atoms with Gasteiger partial charge in [-0.15, -0.1) is 0 Å². The van der Waals surface area contributed by atoms with Crippen molar-refractivity contribution in [2.24, 2.45) is 5.92 Å². The summed E-state index contributed by atoms with van der Waals surface area (Å²) in [6, 6.07) is 11.4. The molecule has 0 aromatic heterocycles. The zero-order valence-corrected chi connectivity index (χ0v) is 11.6. The van der Waals surface area contributed by atoms with Gasteiger partial charge < -0.3 is 9.47 Å². The Morgan fingerprint density at radius 1 is 1.11 bits per heavy atom. The molecule has 0 amide bonds. The minimum Gasteiger partial charge on any atom is -0.379 e. The maximum atomic E-state index is 5.80. The molecule has 3 atom stereocenters. The number of hydrogen-bond donors (Lipinski definition) is 0. The Hall–Kier alpha value is -0.900. The SMILES string of the molecule is C[C@H]1OCC[C@@H]1[C@H](c1ccccc1)N1CCOCC1. The molecule has 2 heterocycles. The average Bonchev–Trinajstić information content (AvgIpc) is 2.88. The van der Waals surface area contributed by atoms with Crippen molar-refractivity contribution in [3.63, 3.8) is 0 Å². The molecule has 2 fully saturated rings. The van der Waals surface area contributed by atoms with E-state index in [0.717, 1.165) is 39.3 Å². The van der Waals surface area contributed by atoms with Crippen molar-refractivity contribution in [2.45, 2.75) is 25.5 Å². The Labute approximate surface area is 115 Å². The van der Waals surface area contributed by atoms with Crippen molar-refractivity contribution in [3.8, 4) is 0 Å². The molecular weight excluding hydrogens is 238 g/mol. The first-order chi connectivity index (χ1) is 9.36. The summed E-state index contributed by atoms with van der Waals surface area (Å²) in [7, 11) is 0. The molecule has 2 saturated heterocycles. The van der Waals surface area contributed by atoms with Crippen LogP contribution in [0.4, 0.5) is 0 Å². The summed E-state index contributed by atoms with van der Waals surface area (Å²) >= 11 is 0. The summed E-state index contributed by atoms with van der Waals surface area (Å²) in [6.45, 7) is 6.88. The molecule has 19 heavy (non-hydrogen) atoms. The first-order valence-corrected chi connectivity index (χ1v) is 7.34. The van der Waals surface area contributed by atoms with Crippen LogP contribution >= 0.6 is 0 Å². The fraction of sp³-hybridized carbons (Fsp3) is 0.625. The van der Waals surface area contributed by atoms with E-state index in [1.165, 1.54) is 5.56 Å². The van der Waals surface area contributed by atoms with Gasteiger partial charge in [0.25, 0.3) is 0 Å². The van der Waals surface area contributed by atoms with Gasteiger partial charge >= 0.3 is 0 Å². The maximum absolute atomic E-state index is 5.80. The van der Waals surface area contributed by atoms with E-state index in [1.807, 2.05) is 0 Å². The molecule has 3 heteroatoms. The molecule has 2 aliphatic heterocycles. The fourth-order valence-electron chi connectivity index (χ4n) is 3.40. The molecule has 0 spiro atoms. The largest absolute Gasteiger partial charge is 0.379 e. The number of morpholine rings is 1. The molecule has 0 bridgehead atoms. The highest BCUT2D eigenvalue weighted by Crippen LogP contribution is 2.37. The lowest BCUT2D eigenvalue weighted by molar-refractivity contribution is -0.00961. The van der Waals surface area contributed by atoms with Crippen LogP contribution in [0.3, 0.4) is 0 Å². The highest BCUT2D eigenvalue weighted by molar-refractivity contribution is 5.21. The molecular formula is C16H23NO2. The lowest BCUT2D eigenvalue weighted by Gasteiger charge is -2.39. The van der Waals surface area contributed by atoms with Gasteiger partial charge in [-0.05, 0) is 18.9 Å². The van der Waals surface area contributed by atoms with E-state index in [1.54, 1.807) is 0 Å². The first kappa shape index (κ1) is 13.1. The summed E-state index contributed by atoms with van der Waals surface area (Å²) in [5.74, 6) is 0.598. The zero-order valence-electron chi connectivity index (χ0n) is 11.6. The van der Waals surface area contributed by atoms with Gasteiger partial charge in [-0.25, -0.2) is 0 Å². The summed E-state index contributed by atoms with van der Waals surface area (Å²) in [5.41, 5.74) is 1.42. The molecule has 3 nitrogen and oxygen atoms in total. The highest BCUT2D eigenvalue weighted by atomic mass is 16.5. The van der Waals surface area contributed by atoms with Crippen LogP contribution in [0.5, 0.6) is 0 Å². The summed E-state index contributed by atoms with van der Waals surface area (Å²) < 4.78 is 11.3. The van der Waals surface area contributed by atoms with Gasteiger partial charge in [0.2, 0.25) is 0 Å². The Bertz CT molecular complexity index is 389. The van der Waals surface area contributed by atoms with Crippen LogP contribution < -0.4 is 0 Å². The molecule has 0 aliphatic carbocycles. The predicted octanol–water partition coefficient (Wildman–Crippen LogP) is 2.48. The van der Waals surface area contributed by atoms with Gasteiger partial charge in [-0.3, -0.25) is 4.90 Å². The third kappa shape index (κ3) is 2.83. The van der Waals surface area contributed by atoms with Crippen LogP contribution in [-0.2, 0) is 9.47 Å². The Kier molecular flexibility index (Phi) is 4.16. The van der Waals surface area contributed by atoms with E-state index in [4.69, 9.17) is 9.47 Å². The smallest absolute Gasteiger partial charge is 0.0594 e. The van der Waals surface area contributed by atoms with Gasteiger partial charge in [-0.1, -0.05) is 30.3 Å². The van der Waals surface area contributed by atoms with E-state index >= 15 is 0 Å². The number of ether oxygens (including phenoxy) is 2. The molecule has 0 unspecified atom stereocenters. The van der Waals surface area contributed by atoms with E-state index in [2.05, 4.69) is 42.2 Å². The standard InChI is InChI=1S/C16H23NO2/c1-13-15(7-10-19-13)16(14-5-3-2-4-6-14)17-8-11-18-12-9-17/h2-6,13,15-16H,7-12H2,1H3/t13-,15+,16+/m1/s1. The quantitative estimate of drug-likeness (QED) is 0.834. The van der Waals surface area contributed by atoms with Gasteiger partial charge in [0, 0.05) is 31.7 Å². The van der Waals surface area contributed by atoms with Gasteiger partial charge in [-0.2, -0.15) is 0 Å². The topological polar surface area (TPSA) is 21.7 Å². The molecule has 0 saturated carbocycles. The van der Waals surface area contributed by atoms with Crippen LogP contribution in [0, 0.1) is 5.92 Å². The molecule has 104 valence electrons. The fourth-order valence-corrected chi connectivity index (χ4v) is 3.40. The highest BCUT2D eigenvalue weighted by Gasteiger charge is 2.36. The second-order valence-electron chi connectivity index (χ2n) is 5.53. The third-order valence-electron chi connectivity index (χ3n) is 4.42. The van der Waals surface area contributed by atoms with Crippen molar-refractivity contribution in [1.82, 2.24) is 4.90 Å². The monoisotopic (exact) mass is 261 g/mol. The maximum Gasteiger partial charge on any atom is 0.0594 e. The zero-order chi connectivity index (χ0) is 13.1. The van der Waals surface area contributed by atoms with Gasteiger partial charge in [0.15, 0.2) is 0 Å². The first-order valence-electron chi connectivity index (χ1n) is 7.34. The number of hydrogen-bond acceptors (Lipinski definition) is 3. The van der Waals surface area contributed by atoms with Crippen molar-refractivity contribution < 1.29 is 9.47 Å². The van der Waals surface area contributed by atoms with E-state index < -0.39 is 0 Å². The summed E-state index contributed by atoms with van der Waals surface area (Å²) in [6.07, 6.45) is 1.52. The normalized spacial score (nSPS) is 30.4. The molecule has 1 aromatic rings. The Morgan fingerprint density at radius 3 is 2.47 bits per heavy atom. The Balaban J connectivity index is 1.86. The lowest BCUT2D eigenvalue weighted by atomic mass is 9.87. The Morgan fingerprint density at radius 2 is 1.84 bits per heavy atom. The minimum absolute atomic E-state index is 0.355. The van der Waals surface area contributed by atoms with E-state index in [0.29, 0.717) is 18.1 Å². The summed E-state index contributed by atoms with van der Waals surface area (Å²) in [5, 5.41) is 0. The van der Waals surface area contributed by atoms with Crippen LogP contribution in [0.1, 0.15) is 24.9 Å². The van der Waals surface area contributed by atoms with Crippen LogP contribution in [0.15, 0.2) is 30.3 Å². The van der Waals surface area contributed by atoms with Crippen molar-refractivity contribution in [2.75, 3.05) is 32.9 Å². The van der Waals surface area contributed by atoms with Crippen LogP contribution in [-0.4, -0.2) is 43.9 Å². The second kappa shape index (κ2) is 6.04. The second-order valence-corrected chi connectivity index (χ2v) is 5.53. The molecule has 1 aromatic carbocycles. The third-order valence-corrected chi connectivity index (χ3v) is 4.42. The molecule has 0 N–H and O–H groups in total. The molecule has 2 aliphatic rings. The van der Waals surface area contributed by atoms with Crippen LogP contribution in [0.2, 0.25) is 0 Å². The lowest BCUT2D eigenvalue weighted by Crippen LogP contribution is -2.43.